The van der Waals surface area contributed by atoms with E-state index in [0.29, 0.717) is 0 Å². The van der Waals surface area contributed by atoms with Crippen molar-refractivity contribution in [3.8, 4) is 0 Å². The fraction of sp³-hybridized carbons (Fsp3) is 0.571. The molecule has 16 heavy (non-hydrogen) atoms. The quantitative estimate of drug-likeness (QED) is 0.796. The number of nitrogens with one attached hydrogen (secondary N) is 2. The van der Waals surface area contributed by atoms with Crippen molar-refractivity contribution in [3.05, 3.63) is 35.4 Å². The van der Waals surface area contributed by atoms with Crippen LogP contribution in [0, 0.1) is 0 Å². The summed E-state index contributed by atoms with van der Waals surface area (Å²) in [6.45, 7) is 8.57. The van der Waals surface area contributed by atoms with E-state index in [9.17, 15) is 0 Å². The molecule has 0 atom stereocenters. The molecule has 1 rings (SSSR count). The first kappa shape index (κ1) is 13.2. The summed E-state index contributed by atoms with van der Waals surface area (Å²) in [4.78, 5) is 0. The third-order valence-corrected chi connectivity index (χ3v) is 2.57. The molecule has 0 aliphatic heterocycles. The van der Waals surface area contributed by atoms with E-state index in [1.54, 1.807) is 0 Å². The van der Waals surface area contributed by atoms with Crippen molar-refractivity contribution in [3.63, 3.8) is 0 Å². The van der Waals surface area contributed by atoms with E-state index in [-0.39, 0.29) is 5.54 Å². The van der Waals surface area contributed by atoms with Crippen LogP contribution in [0.3, 0.4) is 0 Å². The van der Waals surface area contributed by atoms with Gasteiger partial charge in [-0.15, -0.1) is 0 Å². The van der Waals surface area contributed by atoms with E-state index in [0.717, 1.165) is 19.5 Å². The van der Waals surface area contributed by atoms with Gasteiger partial charge in [-0.05, 0) is 51.9 Å². The van der Waals surface area contributed by atoms with Crippen LogP contribution in [-0.4, -0.2) is 19.1 Å². The van der Waals surface area contributed by atoms with Gasteiger partial charge in [0, 0.05) is 12.1 Å². The molecule has 2 N–H and O–H groups in total. The van der Waals surface area contributed by atoms with Crippen molar-refractivity contribution < 1.29 is 0 Å². The zero-order valence-corrected chi connectivity index (χ0v) is 10.9. The molecule has 0 radical (unpaired) electrons. The van der Waals surface area contributed by atoms with E-state index in [4.69, 9.17) is 0 Å². The Bertz CT molecular complexity index is 313. The molecule has 2 nitrogen and oxygen atoms in total. The molecule has 0 saturated heterocycles. The van der Waals surface area contributed by atoms with Crippen LogP contribution >= 0.6 is 0 Å². The largest absolute Gasteiger partial charge is 0.319 e. The summed E-state index contributed by atoms with van der Waals surface area (Å²) < 4.78 is 0. The smallest absolute Gasteiger partial charge is 0.0213 e. The van der Waals surface area contributed by atoms with E-state index < -0.39 is 0 Å². The van der Waals surface area contributed by atoms with Gasteiger partial charge in [0.15, 0.2) is 0 Å². The summed E-state index contributed by atoms with van der Waals surface area (Å²) in [5.74, 6) is 0. The zero-order chi connectivity index (χ0) is 12.0. The Morgan fingerprint density at radius 3 is 2.25 bits per heavy atom. The number of hydrogen-bond acceptors (Lipinski definition) is 2. The lowest BCUT2D eigenvalue weighted by molar-refractivity contribution is 0.423. The molecular weight excluding hydrogens is 196 g/mol. The van der Waals surface area contributed by atoms with Crippen LogP contribution in [0.15, 0.2) is 24.3 Å². The molecule has 0 aliphatic carbocycles. The van der Waals surface area contributed by atoms with Gasteiger partial charge >= 0.3 is 0 Å². The highest BCUT2D eigenvalue weighted by Crippen LogP contribution is 2.11. The van der Waals surface area contributed by atoms with Gasteiger partial charge in [-0.1, -0.05) is 24.3 Å². The average Bonchev–Trinajstić information content (AvgIpc) is 2.23. The highest BCUT2D eigenvalue weighted by molar-refractivity contribution is 5.27. The summed E-state index contributed by atoms with van der Waals surface area (Å²) in [7, 11) is 2.00. The Hall–Kier alpha value is -0.860. The normalized spacial score (nSPS) is 11.8. The molecular formula is C14H24N2. The van der Waals surface area contributed by atoms with Gasteiger partial charge in [-0.2, -0.15) is 0 Å². The molecule has 0 fully saturated rings. The van der Waals surface area contributed by atoms with Crippen LogP contribution in [0.2, 0.25) is 0 Å². The third-order valence-electron chi connectivity index (χ3n) is 2.57. The molecule has 90 valence electrons. The number of hydrogen-bond donors (Lipinski definition) is 2. The molecule has 0 amide bonds. The van der Waals surface area contributed by atoms with Crippen LogP contribution in [0.5, 0.6) is 0 Å². The van der Waals surface area contributed by atoms with Crippen LogP contribution in [0.4, 0.5) is 0 Å². The Kier molecular flexibility index (Phi) is 4.97. The fourth-order valence-corrected chi connectivity index (χ4v) is 1.59. The molecule has 0 aromatic heterocycles. The molecule has 0 unspecified atom stereocenters. The minimum absolute atomic E-state index is 0.177. The third kappa shape index (κ3) is 4.77. The van der Waals surface area contributed by atoms with Gasteiger partial charge in [0.2, 0.25) is 0 Å². The molecule has 0 bridgehead atoms. The SMILES string of the molecule is CNCCc1ccccc1CNC(C)(C)C. The summed E-state index contributed by atoms with van der Waals surface area (Å²) >= 11 is 0. The number of likely N-dealkylation sites (N-methyl/N-ethyl adjacent to an activating group) is 1. The second-order valence-corrected chi connectivity index (χ2v) is 5.23. The van der Waals surface area contributed by atoms with Crippen molar-refractivity contribution >= 4 is 0 Å². The van der Waals surface area contributed by atoms with Crippen molar-refractivity contribution in [2.24, 2.45) is 0 Å². The van der Waals surface area contributed by atoms with E-state index in [1.165, 1.54) is 11.1 Å². The van der Waals surface area contributed by atoms with Gasteiger partial charge in [0.1, 0.15) is 0 Å². The van der Waals surface area contributed by atoms with E-state index in [1.807, 2.05) is 7.05 Å². The van der Waals surface area contributed by atoms with Crippen LogP contribution in [0.1, 0.15) is 31.9 Å². The first-order valence-electron chi connectivity index (χ1n) is 5.99. The summed E-state index contributed by atoms with van der Waals surface area (Å²) in [6, 6.07) is 8.66. The van der Waals surface area contributed by atoms with Crippen molar-refractivity contribution in [2.45, 2.75) is 39.3 Å². The predicted octanol–water partition coefficient (Wildman–Crippen LogP) is 2.34. The molecule has 0 spiro atoms. The molecule has 0 heterocycles. The first-order valence-corrected chi connectivity index (χ1v) is 5.99. The monoisotopic (exact) mass is 220 g/mol. The van der Waals surface area contributed by atoms with Crippen LogP contribution in [-0.2, 0) is 13.0 Å². The van der Waals surface area contributed by atoms with Gasteiger partial charge in [-0.25, -0.2) is 0 Å². The second kappa shape index (κ2) is 6.02. The van der Waals surface area contributed by atoms with E-state index >= 15 is 0 Å². The van der Waals surface area contributed by atoms with Gasteiger partial charge in [0.25, 0.3) is 0 Å². The lowest BCUT2D eigenvalue weighted by atomic mass is 10.0. The topological polar surface area (TPSA) is 24.1 Å². The summed E-state index contributed by atoms with van der Waals surface area (Å²) in [6.07, 6.45) is 1.10. The highest BCUT2D eigenvalue weighted by atomic mass is 14.9. The molecule has 1 aromatic rings. The lowest BCUT2D eigenvalue weighted by Crippen LogP contribution is -2.35. The Balaban J connectivity index is 2.63. The first-order chi connectivity index (χ1) is 7.53. The Labute approximate surface area is 99.5 Å². The molecule has 1 aromatic carbocycles. The van der Waals surface area contributed by atoms with Gasteiger partial charge in [-0.3, -0.25) is 0 Å². The van der Waals surface area contributed by atoms with Crippen molar-refractivity contribution in [1.82, 2.24) is 10.6 Å². The molecule has 0 saturated carbocycles. The maximum atomic E-state index is 3.53. The van der Waals surface area contributed by atoms with E-state index in [2.05, 4.69) is 55.7 Å². The Morgan fingerprint density at radius 1 is 1.06 bits per heavy atom. The summed E-state index contributed by atoms with van der Waals surface area (Å²) in [5, 5.41) is 6.73. The Morgan fingerprint density at radius 2 is 1.69 bits per heavy atom. The minimum atomic E-state index is 0.177. The standard InChI is InChI=1S/C14H24N2/c1-14(2,3)16-11-13-8-6-5-7-12(13)9-10-15-4/h5-8,15-16H,9-11H2,1-4H3. The lowest BCUT2D eigenvalue weighted by Gasteiger charge is -2.21. The number of rotatable bonds is 5. The fourth-order valence-electron chi connectivity index (χ4n) is 1.59. The predicted molar refractivity (Wildman–Crippen MR) is 70.7 cm³/mol. The summed E-state index contributed by atoms with van der Waals surface area (Å²) in [5.41, 5.74) is 3.03. The van der Waals surface area contributed by atoms with Gasteiger partial charge in [0.05, 0.1) is 0 Å². The maximum Gasteiger partial charge on any atom is 0.0213 e. The van der Waals surface area contributed by atoms with Crippen LogP contribution in [0.25, 0.3) is 0 Å². The van der Waals surface area contributed by atoms with Crippen molar-refractivity contribution in [2.75, 3.05) is 13.6 Å². The number of benzene rings is 1. The maximum absolute atomic E-state index is 3.53. The minimum Gasteiger partial charge on any atom is -0.319 e. The average molecular weight is 220 g/mol. The van der Waals surface area contributed by atoms with Crippen molar-refractivity contribution in [1.29, 1.82) is 0 Å². The highest BCUT2D eigenvalue weighted by Gasteiger charge is 2.09. The molecule has 2 heteroatoms. The van der Waals surface area contributed by atoms with Crippen LogP contribution < -0.4 is 10.6 Å². The zero-order valence-electron chi connectivity index (χ0n) is 10.9. The molecule has 0 aliphatic rings. The van der Waals surface area contributed by atoms with Gasteiger partial charge < -0.3 is 10.6 Å². The second-order valence-electron chi connectivity index (χ2n) is 5.23.